The lowest BCUT2D eigenvalue weighted by atomic mass is 10.3. The first-order valence-electron chi connectivity index (χ1n) is 7.36. The summed E-state index contributed by atoms with van der Waals surface area (Å²) in [5.41, 5.74) is 0. The third-order valence-corrected chi connectivity index (χ3v) is 3.99. The number of esters is 1. The fraction of sp³-hybridized carbons (Fsp3) is 0.929. The van der Waals surface area contributed by atoms with E-state index in [-0.39, 0.29) is 12.1 Å². The average Bonchev–Trinajstić information content (AvgIpc) is 2.39. The lowest BCUT2D eigenvalue weighted by Crippen LogP contribution is -2.10. The van der Waals surface area contributed by atoms with E-state index in [1.807, 2.05) is 0 Å². The van der Waals surface area contributed by atoms with E-state index in [4.69, 9.17) is 9.47 Å². The minimum absolute atomic E-state index is 0.0276. The van der Waals surface area contributed by atoms with Crippen molar-refractivity contribution in [3.8, 4) is 0 Å². The summed E-state index contributed by atoms with van der Waals surface area (Å²) in [6.45, 7) is 5.88. The molecule has 4 nitrogen and oxygen atoms in total. The zero-order valence-electron chi connectivity index (χ0n) is 12.4. The second-order valence-corrected chi connectivity index (χ2v) is 6.34. The smallest absolute Gasteiger partial charge is 0.354 e. The molecule has 0 bridgehead atoms. The SMILES string of the molecule is CCCCCOCC[P+](=O)CC(=O)OCCCCC. The van der Waals surface area contributed by atoms with Gasteiger partial charge < -0.3 is 9.47 Å². The largest absolute Gasteiger partial charge is 0.463 e. The fourth-order valence-electron chi connectivity index (χ4n) is 1.53. The van der Waals surface area contributed by atoms with Crippen molar-refractivity contribution in [1.29, 1.82) is 0 Å². The molecule has 0 aromatic rings. The number of rotatable bonds is 13. The first-order valence-corrected chi connectivity index (χ1v) is 8.99. The highest BCUT2D eigenvalue weighted by Gasteiger charge is 2.21. The lowest BCUT2D eigenvalue weighted by Gasteiger charge is -2.01. The maximum atomic E-state index is 11.6. The first kappa shape index (κ1) is 18.5. The monoisotopic (exact) mass is 291 g/mol. The Morgan fingerprint density at radius 1 is 0.947 bits per heavy atom. The summed E-state index contributed by atoms with van der Waals surface area (Å²) in [6.07, 6.45) is 6.90. The molecule has 0 N–H and O–H groups in total. The predicted molar refractivity (Wildman–Crippen MR) is 78.2 cm³/mol. The summed E-state index contributed by atoms with van der Waals surface area (Å²) in [7, 11) is -1.52. The molecule has 0 radical (unpaired) electrons. The molecule has 0 fully saturated rings. The number of ether oxygens (including phenoxy) is 2. The third kappa shape index (κ3) is 13.8. The lowest BCUT2D eigenvalue weighted by molar-refractivity contribution is -0.140. The maximum absolute atomic E-state index is 11.6. The molecule has 0 heterocycles. The molecule has 1 unspecified atom stereocenters. The molecule has 0 aliphatic heterocycles. The van der Waals surface area contributed by atoms with Crippen molar-refractivity contribution in [3.05, 3.63) is 0 Å². The summed E-state index contributed by atoms with van der Waals surface area (Å²) in [5.74, 6) is -0.344. The van der Waals surface area contributed by atoms with E-state index in [1.54, 1.807) is 0 Å². The van der Waals surface area contributed by atoms with Gasteiger partial charge in [-0.05, 0) is 12.8 Å². The molecular formula is C14H28O4P+. The van der Waals surface area contributed by atoms with Gasteiger partial charge in [-0.1, -0.05) is 44.1 Å². The van der Waals surface area contributed by atoms with Crippen LogP contribution in [-0.4, -0.2) is 38.1 Å². The van der Waals surface area contributed by atoms with Gasteiger partial charge in [0.15, 0.2) is 6.16 Å². The minimum Gasteiger partial charge on any atom is -0.463 e. The van der Waals surface area contributed by atoms with Crippen molar-refractivity contribution in [2.75, 3.05) is 32.1 Å². The van der Waals surface area contributed by atoms with Gasteiger partial charge in [0, 0.05) is 6.61 Å². The van der Waals surface area contributed by atoms with Crippen LogP contribution in [0.1, 0.15) is 52.4 Å². The van der Waals surface area contributed by atoms with Gasteiger partial charge in [-0.15, -0.1) is 0 Å². The second kappa shape index (κ2) is 14.0. The van der Waals surface area contributed by atoms with E-state index in [2.05, 4.69) is 13.8 Å². The highest BCUT2D eigenvalue weighted by atomic mass is 31.1. The maximum Gasteiger partial charge on any atom is 0.354 e. The van der Waals surface area contributed by atoms with E-state index in [1.165, 1.54) is 6.42 Å². The Kier molecular flexibility index (Phi) is 13.6. The normalized spacial score (nSPS) is 11.4. The van der Waals surface area contributed by atoms with E-state index in [0.717, 1.165) is 38.7 Å². The number of unbranched alkanes of at least 4 members (excludes halogenated alkanes) is 4. The van der Waals surface area contributed by atoms with Gasteiger partial charge in [-0.2, -0.15) is 0 Å². The molecular weight excluding hydrogens is 263 g/mol. The molecule has 0 aromatic heterocycles. The van der Waals surface area contributed by atoms with E-state index in [9.17, 15) is 9.36 Å². The molecule has 1 atom stereocenters. The predicted octanol–water partition coefficient (Wildman–Crippen LogP) is 3.75. The Morgan fingerprint density at radius 3 is 2.21 bits per heavy atom. The molecule has 0 amide bonds. The zero-order valence-corrected chi connectivity index (χ0v) is 13.3. The quantitative estimate of drug-likeness (QED) is 0.294. The van der Waals surface area contributed by atoms with Crippen molar-refractivity contribution < 1.29 is 18.8 Å². The minimum atomic E-state index is -1.52. The van der Waals surface area contributed by atoms with Crippen LogP contribution in [0.25, 0.3) is 0 Å². The Morgan fingerprint density at radius 2 is 1.58 bits per heavy atom. The van der Waals surface area contributed by atoms with Gasteiger partial charge in [-0.25, -0.2) is 4.79 Å². The highest BCUT2D eigenvalue weighted by molar-refractivity contribution is 7.45. The molecule has 112 valence electrons. The van der Waals surface area contributed by atoms with Gasteiger partial charge in [0.25, 0.3) is 0 Å². The zero-order chi connectivity index (χ0) is 14.3. The second-order valence-electron chi connectivity index (χ2n) is 4.61. The van der Waals surface area contributed by atoms with Crippen molar-refractivity contribution in [2.24, 2.45) is 0 Å². The van der Waals surface area contributed by atoms with Crippen LogP contribution in [0.2, 0.25) is 0 Å². The standard InChI is InChI=1S/C14H28O4P/c1-3-5-7-9-17-11-12-19(16)13-14(15)18-10-8-6-4-2/h3-13H2,1-2H3/q+1. The molecule has 5 heteroatoms. The number of carbonyl (C=O) groups excluding carboxylic acids is 1. The Hall–Kier alpha value is -0.470. The van der Waals surface area contributed by atoms with Gasteiger partial charge in [0.2, 0.25) is 6.16 Å². The van der Waals surface area contributed by atoms with Crippen LogP contribution in [0.4, 0.5) is 0 Å². The number of hydrogen-bond acceptors (Lipinski definition) is 4. The fourth-order valence-corrected chi connectivity index (χ4v) is 2.40. The first-order chi connectivity index (χ1) is 9.20. The van der Waals surface area contributed by atoms with E-state index < -0.39 is 7.80 Å². The summed E-state index contributed by atoms with van der Waals surface area (Å²) in [6, 6.07) is 0. The summed E-state index contributed by atoms with van der Waals surface area (Å²) in [4.78, 5) is 11.3. The van der Waals surface area contributed by atoms with Gasteiger partial charge in [0.1, 0.15) is 0 Å². The highest BCUT2D eigenvalue weighted by Crippen LogP contribution is 2.19. The molecule has 0 aliphatic rings. The van der Waals surface area contributed by atoms with Gasteiger partial charge >= 0.3 is 13.8 Å². The molecule has 19 heavy (non-hydrogen) atoms. The molecule has 0 saturated heterocycles. The summed E-state index contributed by atoms with van der Waals surface area (Å²) in [5, 5.41) is 0. The van der Waals surface area contributed by atoms with E-state index in [0.29, 0.717) is 19.4 Å². The van der Waals surface area contributed by atoms with Crippen molar-refractivity contribution in [2.45, 2.75) is 52.4 Å². The van der Waals surface area contributed by atoms with Crippen molar-refractivity contribution >= 4 is 13.8 Å². The third-order valence-electron chi connectivity index (χ3n) is 2.69. The van der Waals surface area contributed by atoms with Crippen LogP contribution in [0.5, 0.6) is 0 Å². The number of carbonyl (C=O) groups is 1. The van der Waals surface area contributed by atoms with Crippen LogP contribution in [0.3, 0.4) is 0 Å². The molecule has 0 rings (SSSR count). The average molecular weight is 291 g/mol. The Bertz CT molecular complexity index is 244. The van der Waals surface area contributed by atoms with Crippen LogP contribution >= 0.6 is 7.80 Å². The topological polar surface area (TPSA) is 52.6 Å². The summed E-state index contributed by atoms with van der Waals surface area (Å²) < 4.78 is 22.0. The van der Waals surface area contributed by atoms with Crippen LogP contribution in [0, 0.1) is 0 Å². The number of hydrogen-bond donors (Lipinski definition) is 0. The Balaban J connectivity index is 3.39. The molecule has 0 saturated carbocycles. The molecule has 0 aliphatic carbocycles. The van der Waals surface area contributed by atoms with Gasteiger partial charge in [-0.3, -0.25) is 0 Å². The summed E-state index contributed by atoms with van der Waals surface area (Å²) >= 11 is 0. The van der Waals surface area contributed by atoms with Gasteiger partial charge in [0.05, 0.1) is 13.2 Å². The van der Waals surface area contributed by atoms with Crippen LogP contribution in [0.15, 0.2) is 0 Å². The Labute approximate surface area is 118 Å². The van der Waals surface area contributed by atoms with Crippen molar-refractivity contribution in [1.82, 2.24) is 0 Å². The van der Waals surface area contributed by atoms with Crippen LogP contribution < -0.4 is 0 Å². The molecule has 0 spiro atoms. The van der Waals surface area contributed by atoms with Crippen LogP contribution in [-0.2, 0) is 18.8 Å². The van der Waals surface area contributed by atoms with E-state index >= 15 is 0 Å². The van der Waals surface area contributed by atoms with Crippen molar-refractivity contribution in [3.63, 3.8) is 0 Å². The molecule has 0 aromatic carbocycles.